The fourth-order valence-electron chi connectivity index (χ4n) is 3.07. The molecule has 2 aromatic carbocycles. The molecule has 0 aliphatic carbocycles. The van der Waals surface area contributed by atoms with Gasteiger partial charge in [-0.2, -0.15) is 4.98 Å². The quantitative estimate of drug-likeness (QED) is 0.556. The number of benzene rings is 2. The Morgan fingerprint density at radius 3 is 2.85 bits per heavy atom. The third-order valence-electron chi connectivity index (χ3n) is 4.55. The number of halogens is 3. The average Bonchev–Trinajstić information content (AvgIpc) is 3.27. The van der Waals surface area contributed by atoms with Gasteiger partial charge in [0.25, 0.3) is 0 Å². The van der Waals surface area contributed by atoms with Gasteiger partial charge in [-0.25, -0.2) is 4.39 Å². The van der Waals surface area contributed by atoms with E-state index in [-0.39, 0.29) is 24.1 Å². The van der Waals surface area contributed by atoms with Gasteiger partial charge in [0.15, 0.2) is 0 Å². The highest BCUT2D eigenvalue weighted by Gasteiger charge is 2.35. The van der Waals surface area contributed by atoms with E-state index in [1.54, 1.807) is 23.1 Å². The largest absolute Gasteiger partial charge is 0.339 e. The molecule has 1 unspecified atom stereocenters. The Labute approximate surface area is 168 Å². The first kappa shape index (κ1) is 18.1. The number of carbonyl (C=O) groups excluding carboxylic acids is 1. The molecule has 27 heavy (non-hydrogen) atoms. The molecule has 1 amide bonds. The molecule has 3 aromatic rings. The third-order valence-corrected chi connectivity index (χ3v) is 5.58. The number of amides is 1. The van der Waals surface area contributed by atoms with Crippen LogP contribution >= 0.6 is 27.5 Å². The molecule has 0 N–H and O–H groups in total. The van der Waals surface area contributed by atoms with Gasteiger partial charge in [0, 0.05) is 29.2 Å². The summed E-state index contributed by atoms with van der Waals surface area (Å²) in [5.74, 6) is 0.188. The van der Waals surface area contributed by atoms with Crippen LogP contribution in [0.2, 0.25) is 5.02 Å². The predicted molar refractivity (Wildman–Crippen MR) is 103 cm³/mol. The first-order chi connectivity index (χ1) is 12.9. The number of anilines is 1. The van der Waals surface area contributed by atoms with Crippen molar-refractivity contribution in [2.24, 2.45) is 0 Å². The van der Waals surface area contributed by atoms with E-state index >= 15 is 0 Å². The maximum Gasteiger partial charge on any atom is 0.232 e. The number of aromatic nitrogens is 2. The van der Waals surface area contributed by atoms with Crippen molar-refractivity contribution in [3.63, 3.8) is 0 Å². The van der Waals surface area contributed by atoms with E-state index < -0.39 is 0 Å². The summed E-state index contributed by atoms with van der Waals surface area (Å²) in [6.07, 6.45) is 0.288. The van der Waals surface area contributed by atoms with Gasteiger partial charge in [0.1, 0.15) is 5.82 Å². The van der Waals surface area contributed by atoms with Gasteiger partial charge >= 0.3 is 0 Å². The van der Waals surface area contributed by atoms with E-state index in [0.29, 0.717) is 33.3 Å². The van der Waals surface area contributed by atoms with Gasteiger partial charge in [-0.05, 0) is 64.8 Å². The number of rotatable bonds is 3. The van der Waals surface area contributed by atoms with Crippen molar-refractivity contribution >= 4 is 39.1 Å². The molecule has 1 fully saturated rings. The smallest absolute Gasteiger partial charge is 0.232 e. The SMILES string of the molecule is Cc1cc(N2CC(c3nc(-c4ccc(F)c(Br)c4)no3)CC2=O)ccc1Cl. The van der Waals surface area contributed by atoms with E-state index in [1.807, 2.05) is 19.1 Å². The van der Waals surface area contributed by atoms with Crippen molar-refractivity contribution in [1.82, 2.24) is 10.1 Å². The zero-order valence-corrected chi connectivity index (χ0v) is 16.6. The van der Waals surface area contributed by atoms with Crippen LogP contribution in [0.25, 0.3) is 11.4 Å². The van der Waals surface area contributed by atoms with Gasteiger partial charge in [-0.1, -0.05) is 16.8 Å². The van der Waals surface area contributed by atoms with Gasteiger partial charge in [-0.3, -0.25) is 4.79 Å². The summed E-state index contributed by atoms with van der Waals surface area (Å²) in [4.78, 5) is 18.6. The van der Waals surface area contributed by atoms with Gasteiger partial charge in [0.05, 0.1) is 10.4 Å². The highest BCUT2D eigenvalue weighted by Crippen LogP contribution is 2.33. The molecule has 1 aliphatic rings. The lowest BCUT2D eigenvalue weighted by Crippen LogP contribution is -2.24. The fourth-order valence-corrected chi connectivity index (χ4v) is 3.57. The Morgan fingerprint density at radius 1 is 1.30 bits per heavy atom. The highest BCUT2D eigenvalue weighted by molar-refractivity contribution is 9.10. The number of carbonyl (C=O) groups is 1. The molecule has 1 atom stereocenters. The average molecular weight is 451 g/mol. The molecule has 0 bridgehead atoms. The summed E-state index contributed by atoms with van der Waals surface area (Å²) in [6, 6.07) is 10.00. The lowest BCUT2D eigenvalue weighted by Gasteiger charge is -2.17. The van der Waals surface area contributed by atoms with Crippen LogP contribution in [0.4, 0.5) is 10.1 Å². The Hall–Kier alpha value is -2.25. The van der Waals surface area contributed by atoms with E-state index in [2.05, 4.69) is 26.1 Å². The normalized spacial score (nSPS) is 17.0. The van der Waals surface area contributed by atoms with Crippen molar-refractivity contribution in [2.75, 3.05) is 11.4 Å². The molecule has 1 aliphatic heterocycles. The molecular weight excluding hydrogens is 437 g/mol. The summed E-state index contributed by atoms with van der Waals surface area (Å²) >= 11 is 9.21. The Morgan fingerprint density at radius 2 is 2.11 bits per heavy atom. The van der Waals surface area contributed by atoms with Crippen molar-refractivity contribution in [3.8, 4) is 11.4 Å². The van der Waals surface area contributed by atoms with Crippen molar-refractivity contribution < 1.29 is 13.7 Å². The molecule has 0 radical (unpaired) electrons. The second kappa shape index (κ2) is 7.05. The molecule has 4 rings (SSSR count). The Balaban J connectivity index is 1.56. The van der Waals surface area contributed by atoms with Gasteiger partial charge < -0.3 is 9.42 Å². The lowest BCUT2D eigenvalue weighted by atomic mass is 10.1. The lowest BCUT2D eigenvalue weighted by molar-refractivity contribution is -0.117. The van der Waals surface area contributed by atoms with Crippen LogP contribution in [0, 0.1) is 12.7 Å². The first-order valence-electron chi connectivity index (χ1n) is 8.28. The predicted octanol–water partition coefficient (Wildman–Crippen LogP) is 5.12. The maximum absolute atomic E-state index is 13.4. The standard InChI is InChI=1S/C19H14BrClFN3O2/c1-10-6-13(3-4-15(10)21)25-9-12(8-17(25)26)19-23-18(24-27-19)11-2-5-16(22)14(20)7-11/h2-7,12H,8-9H2,1H3. The van der Waals surface area contributed by atoms with Crippen LogP contribution in [0.1, 0.15) is 23.8 Å². The topological polar surface area (TPSA) is 59.2 Å². The zero-order chi connectivity index (χ0) is 19.1. The van der Waals surface area contributed by atoms with E-state index in [1.165, 1.54) is 6.07 Å². The molecular formula is C19H14BrClFN3O2. The molecule has 1 aromatic heterocycles. The summed E-state index contributed by atoms with van der Waals surface area (Å²) in [5.41, 5.74) is 2.34. The maximum atomic E-state index is 13.4. The highest BCUT2D eigenvalue weighted by atomic mass is 79.9. The molecule has 5 nitrogen and oxygen atoms in total. The van der Waals surface area contributed by atoms with Gasteiger partial charge in [0.2, 0.25) is 17.6 Å². The minimum Gasteiger partial charge on any atom is -0.339 e. The summed E-state index contributed by atoms with van der Waals surface area (Å²) in [6.45, 7) is 2.35. The zero-order valence-electron chi connectivity index (χ0n) is 14.2. The van der Waals surface area contributed by atoms with Crippen LogP contribution in [-0.4, -0.2) is 22.6 Å². The van der Waals surface area contributed by atoms with Crippen molar-refractivity contribution in [2.45, 2.75) is 19.3 Å². The third kappa shape index (κ3) is 3.49. The molecule has 138 valence electrons. The minimum atomic E-state index is -0.363. The number of hydrogen-bond acceptors (Lipinski definition) is 4. The molecule has 1 saturated heterocycles. The number of aryl methyl sites for hydroxylation is 1. The van der Waals surface area contributed by atoms with E-state index in [9.17, 15) is 9.18 Å². The summed E-state index contributed by atoms with van der Waals surface area (Å²) in [5, 5.41) is 4.63. The van der Waals surface area contributed by atoms with Gasteiger partial charge in [-0.15, -0.1) is 0 Å². The monoisotopic (exact) mass is 449 g/mol. The second-order valence-electron chi connectivity index (χ2n) is 6.42. The first-order valence-corrected chi connectivity index (χ1v) is 9.45. The van der Waals surface area contributed by atoms with Crippen molar-refractivity contribution in [1.29, 1.82) is 0 Å². The Bertz CT molecular complexity index is 1040. The Kier molecular flexibility index (Phi) is 4.74. The van der Waals surface area contributed by atoms with Crippen LogP contribution < -0.4 is 4.90 Å². The fraction of sp³-hybridized carbons (Fsp3) is 0.211. The minimum absolute atomic E-state index is 0.00833. The number of nitrogens with zero attached hydrogens (tertiary/aromatic N) is 3. The van der Waals surface area contributed by atoms with Crippen LogP contribution in [-0.2, 0) is 4.79 Å². The van der Waals surface area contributed by atoms with E-state index in [0.717, 1.165) is 11.3 Å². The van der Waals surface area contributed by atoms with Crippen LogP contribution in [0.15, 0.2) is 45.4 Å². The molecule has 8 heteroatoms. The van der Waals surface area contributed by atoms with Crippen molar-refractivity contribution in [3.05, 3.63) is 63.2 Å². The molecule has 0 saturated carbocycles. The van der Waals surface area contributed by atoms with Crippen LogP contribution in [0.5, 0.6) is 0 Å². The second-order valence-corrected chi connectivity index (χ2v) is 7.69. The molecule has 2 heterocycles. The summed E-state index contributed by atoms with van der Waals surface area (Å²) < 4.78 is 19.1. The van der Waals surface area contributed by atoms with E-state index in [4.69, 9.17) is 16.1 Å². The number of hydrogen-bond donors (Lipinski definition) is 0. The molecule has 0 spiro atoms. The van der Waals surface area contributed by atoms with Crippen LogP contribution in [0.3, 0.4) is 0 Å². The summed E-state index contributed by atoms with van der Waals surface area (Å²) in [7, 11) is 0.